The quantitative estimate of drug-likeness (QED) is 0.257. The minimum absolute atomic E-state index is 0.00732. The molecule has 0 radical (unpaired) electrons. The van der Waals surface area contributed by atoms with Crippen LogP contribution in [0.4, 0.5) is 4.39 Å². The molecule has 1 saturated heterocycles. The lowest BCUT2D eigenvalue weighted by Crippen LogP contribution is -2.30. The van der Waals surface area contributed by atoms with E-state index >= 15 is 0 Å². The smallest absolute Gasteiger partial charge is 0.303 e. The average Bonchev–Trinajstić information content (AvgIpc) is 2.99. The van der Waals surface area contributed by atoms with Gasteiger partial charge in [0.15, 0.2) is 0 Å². The predicted octanol–water partition coefficient (Wildman–Crippen LogP) is 3.60. The lowest BCUT2D eigenvalue weighted by atomic mass is 9.95. The monoisotopic (exact) mass is 427 g/mol. The first kappa shape index (κ1) is 22.0. The zero-order valence-corrected chi connectivity index (χ0v) is 16.6. The summed E-state index contributed by atoms with van der Waals surface area (Å²) in [7, 11) is 0. The highest BCUT2D eigenvalue weighted by Crippen LogP contribution is 2.39. The van der Waals surface area contributed by atoms with E-state index in [0.29, 0.717) is 24.8 Å². The number of halogens is 1. The summed E-state index contributed by atoms with van der Waals surface area (Å²) in [5.74, 6) is -3.44. The van der Waals surface area contributed by atoms with E-state index in [2.05, 4.69) is 0 Å². The Morgan fingerprint density at radius 2 is 1.58 bits per heavy atom. The van der Waals surface area contributed by atoms with Gasteiger partial charge in [0.05, 0.1) is 11.6 Å². The number of nitrogens with zero attached hydrogens (tertiary/aromatic N) is 1. The predicted molar refractivity (Wildman–Crippen MR) is 110 cm³/mol. The maximum atomic E-state index is 13.3. The zero-order chi connectivity index (χ0) is 22.5. The Labute approximate surface area is 178 Å². The Balaban J connectivity index is 1.96. The first-order valence-corrected chi connectivity index (χ1v) is 9.84. The molecule has 2 aromatic rings. The van der Waals surface area contributed by atoms with Gasteiger partial charge in [-0.15, -0.1) is 0 Å². The number of aliphatic hydroxyl groups excluding tert-OH is 1. The molecule has 8 heteroatoms. The minimum Gasteiger partial charge on any atom is -0.508 e. The molecule has 0 aliphatic carbocycles. The summed E-state index contributed by atoms with van der Waals surface area (Å²) in [6, 6.07) is 9.98. The first-order chi connectivity index (χ1) is 14.8. The van der Waals surface area contributed by atoms with Crippen molar-refractivity contribution in [1.82, 2.24) is 4.90 Å². The third-order valence-electron chi connectivity index (χ3n) is 5.16. The van der Waals surface area contributed by atoms with Crippen molar-refractivity contribution in [3.63, 3.8) is 0 Å². The lowest BCUT2D eigenvalue weighted by Gasteiger charge is -2.25. The van der Waals surface area contributed by atoms with Crippen LogP contribution in [0.3, 0.4) is 0 Å². The Hall–Kier alpha value is -3.68. The molecule has 0 saturated carbocycles. The second-order valence-corrected chi connectivity index (χ2v) is 7.30. The number of aliphatic hydroxyl groups is 1. The summed E-state index contributed by atoms with van der Waals surface area (Å²) in [6.07, 6.45) is 1.49. The van der Waals surface area contributed by atoms with Gasteiger partial charge in [-0.1, -0.05) is 18.6 Å². The largest absolute Gasteiger partial charge is 0.508 e. The third-order valence-corrected chi connectivity index (χ3v) is 5.16. The number of carbonyl (C=O) groups is 3. The van der Waals surface area contributed by atoms with Crippen LogP contribution in [0.5, 0.6) is 5.75 Å². The van der Waals surface area contributed by atoms with Crippen LogP contribution >= 0.6 is 0 Å². The molecule has 3 rings (SSSR count). The number of carboxylic acid groups (broad SMARTS) is 1. The molecule has 1 heterocycles. The second-order valence-electron chi connectivity index (χ2n) is 7.30. The molecule has 0 spiro atoms. The summed E-state index contributed by atoms with van der Waals surface area (Å²) < 4.78 is 13.3. The van der Waals surface area contributed by atoms with Gasteiger partial charge in [-0.25, -0.2) is 4.39 Å². The Bertz CT molecular complexity index is 1010. The van der Waals surface area contributed by atoms with Gasteiger partial charge in [-0.3, -0.25) is 14.4 Å². The topological polar surface area (TPSA) is 115 Å². The molecular formula is C23H22FNO6. The normalized spacial score (nSPS) is 17.8. The molecule has 0 bridgehead atoms. The minimum atomic E-state index is -0.899. The van der Waals surface area contributed by atoms with E-state index in [1.807, 2.05) is 0 Å². The van der Waals surface area contributed by atoms with E-state index in [4.69, 9.17) is 5.11 Å². The molecule has 0 aromatic heterocycles. The van der Waals surface area contributed by atoms with Crippen molar-refractivity contribution in [2.45, 2.75) is 31.7 Å². The van der Waals surface area contributed by atoms with Crippen LogP contribution in [0.1, 0.15) is 42.9 Å². The van der Waals surface area contributed by atoms with Gasteiger partial charge in [-0.05, 0) is 54.8 Å². The van der Waals surface area contributed by atoms with Crippen molar-refractivity contribution in [3.05, 3.63) is 71.0 Å². The van der Waals surface area contributed by atoms with Gasteiger partial charge in [0.25, 0.3) is 11.7 Å². The number of aliphatic carboxylic acids is 1. The molecule has 1 fully saturated rings. The third kappa shape index (κ3) is 4.91. The number of likely N-dealkylation sites (tertiary alicyclic amines) is 1. The van der Waals surface area contributed by atoms with Gasteiger partial charge in [0, 0.05) is 18.5 Å². The van der Waals surface area contributed by atoms with Crippen LogP contribution in [0.15, 0.2) is 54.1 Å². The van der Waals surface area contributed by atoms with Gasteiger partial charge in [0.1, 0.15) is 17.3 Å². The van der Waals surface area contributed by atoms with Crippen molar-refractivity contribution in [1.29, 1.82) is 0 Å². The van der Waals surface area contributed by atoms with Crippen LogP contribution in [-0.2, 0) is 14.4 Å². The number of phenolic OH excluding ortho intramolecular Hbond substituents is 1. The molecule has 3 N–H and O–H groups in total. The summed E-state index contributed by atoms with van der Waals surface area (Å²) in [4.78, 5) is 37.6. The van der Waals surface area contributed by atoms with E-state index in [9.17, 15) is 29.0 Å². The number of benzene rings is 2. The maximum Gasteiger partial charge on any atom is 0.303 e. The standard InChI is InChI=1S/C23H22FNO6/c24-16-9-5-15(6-10-16)21(29)19-20(14-7-11-17(26)12-8-14)25(23(31)22(19)30)13-3-1-2-4-18(27)28/h5-12,20,26,29H,1-4,13H2,(H,27,28)/b21-19+. The van der Waals surface area contributed by atoms with Crippen molar-refractivity contribution >= 4 is 23.4 Å². The van der Waals surface area contributed by atoms with Crippen LogP contribution in [0, 0.1) is 5.82 Å². The number of carbonyl (C=O) groups excluding carboxylic acids is 2. The number of hydrogen-bond donors (Lipinski definition) is 3. The van der Waals surface area contributed by atoms with Crippen LogP contribution < -0.4 is 0 Å². The van der Waals surface area contributed by atoms with Crippen molar-refractivity contribution < 1.29 is 34.1 Å². The number of ketones is 1. The lowest BCUT2D eigenvalue weighted by molar-refractivity contribution is -0.140. The van der Waals surface area contributed by atoms with Crippen LogP contribution in [0.2, 0.25) is 0 Å². The van der Waals surface area contributed by atoms with Crippen LogP contribution in [-0.4, -0.2) is 44.4 Å². The summed E-state index contributed by atoms with van der Waals surface area (Å²) in [6.45, 7) is 0.190. The Morgan fingerprint density at radius 3 is 2.19 bits per heavy atom. The molecule has 1 amide bonds. The summed E-state index contributed by atoms with van der Waals surface area (Å²) in [5.41, 5.74) is 0.601. The number of amides is 1. The Kier molecular flexibility index (Phi) is 6.69. The molecule has 162 valence electrons. The van der Waals surface area contributed by atoms with Crippen molar-refractivity contribution in [2.75, 3.05) is 6.54 Å². The number of carboxylic acids is 1. The molecule has 7 nitrogen and oxygen atoms in total. The fourth-order valence-electron chi connectivity index (χ4n) is 3.61. The summed E-state index contributed by atoms with van der Waals surface area (Å²) in [5, 5.41) is 29.2. The fourth-order valence-corrected chi connectivity index (χ4v) is 3.61. The number of hydrogen-bond acceptors (Lipinski definition) is 5. The van der Waals surface area contributed by atoms with Crippen molar-refractivity contribution in [3.8, 4) is 5.75 Å². The molecule has 1 aliphatic heterocycles. The van der Waals surface area contributed by atoms with Crippen molar-refractivity contribution in [2.24, 2.45) is 0 Å². The molecule has 1 atom stereocenters. The fraction of sp³-hybridized carbons (Fsp3) is 0.261. The average molecular weight is 427 g/mol. The number of rotatable bonds is 8. The highest BCUT2D eigenvalue weighted by Gasteiger charge is 2.45. The number of phenols is 1. The molecule has 31 heavy (non-hydrogen) atoms. The highest BCUT2D eigenvalue weighted by molar-refractivity contribution is 6.46. The molecule has 1 aliphatic rings. The molecule has 2 aromatic carbocycles. The van der Waals surface area contributed by atoms with E-state index in [-0.39, 0.29) is 29.9 Å². The van der Waals surface area contributed by atoms with Gasteiger partial charge in [-0.2, -0.15) is 0 Å². The van der Waals surface area contributed by atoms with E-state index < -0.39 is 35.3 Å². The van der Waals surface area contributed by atoms with Gasteiger partial charge in [0.2, 0.25) is 0 Å². The maximum absolute atomic E-state index is 13.3. The zero-order valence-electron chi connectivity index (χ0n) is 16.6. The number of unbranched alkanes of at least 4 members (excludes halogenated alkanes) is 2. The van der Waals surface area contributed by atoms with Gasteiger partial charge < -0.3 is 20.2 Å². The molecule has 1 unspecified atom stereocenters. The Morgan fingerprint density at radius 1 is 0.935 bits per heavy atom. The summed E-state index contributed by atoms with van der Waals surface area (Å²) >= 11 is 0. The van der Waals surface area contributed by atoms with E-state index in [0.717, 1.165) is 12.1 Å². The highest BCUT2D eigenvalue weighted by atomic mass is 19.1. The number of Topliss-reactive ketones (excluding diaryl/α,β-unsaturated/α-hetero) is 1. The number of aromatic hydroxyl groups is 1. The molecular weight excluding hydrogens is 405 g/mol. The van der Waals surface area contributed by atoms with Crippen LogP contribution in [0.25, 0.3) is 5.76 Å². The first-order valence-electron chi connectivity index (χ1n) is 9.84. The SMILES string of the molecule is O=C(O)CCCCCN1C(=O)C(=O)/C(=C(/O)c2ccc(F)cc2)C1c1ccc(O)cc1. The van der Waals surface area contributed by atoms with E-state index in [1.54, 1.807) is 12.1 Å². The van der Waals surface area contributed by atoms with Gasteiger partial charge >= 0.3 is 5.97 Å². The van der Waals surface area contributed by atoms with E-state index in [1.165, 1.54) is 29.2 Å². The second kappa shape index (κ2) is 9.42.